The van der Waals surface area contributed by atoms with Crippen LogP contribution in [0.5, 0.6) is 0 Å². The van der Waals surface area contributed by atoms with Crippen LogP contribution in [0.2, 0.25) is 0 Å². The van der Waals surface area contributed by atoms with E-state index < -0.39 is 10.0 Å². The van der Waals surface area contributed by atoms with Crippen LogP contribution in [0.4, 0.5) is 0 Å². The topological polar surface area (TPSA) is 49.4 Å². The minimum Gasteiger partial charge on any atom is -0.311 e. The Labute approximate surface area is 130 Å². The van der Waals surface area contributed by atoms with E-state index in [2.05, 4.69) is 26.1 Å². The highest BCUT2D eigenvalue weighted by atomic mass is 32.2. The van der Waals surface area contributed by atoms with Crippen LogP contribution in [0.3, 0.4) is 0 Å². The minimum atomic E-state index is -3.01. The molecule has 0 bridgehead atoms. The Morgan fingerprint density at radius 2 is 1.81 bits per heavy atom. The summed E-state index contributed by atoms with van der Waals surface area (Å²) in [5, 5.41) is 3.81. The Balaban J connectivity index is 1.82. The lowest BCUT2D eigenvalue weighted by Crippen LogP contribution is -2.48. The van der Waals surface area contributed by atoms with Crippen molar-refractivity contribution < 1.29 is 8.42 Å². The smallest absolute Gasteiger partial charge is 0.214 e. The first-order valence-electron chi connectivity index (χ1n) is 8.47. The summed E-state index contributed by atoms with van der Waals surface area (Å²) in [7, 11) is -3.01. The van der Waals surface area contributed by atoms with Gasteiger partial charge in [0.2, 0.25) is 10.0 Å². The van der Waals surface area contributed by atoms with Gasteiger partial charge in [0.15, 0.2) is 0 Å². The van der Waals surface area contributed by atoms with E-state index >= 15 is 0 Å². The molecule has 2 fully saturated rings. The predicted octanol–water partition coefficient (Wildman–Crippen LogP) is 2.60. The van der Waals surface area contributed by atoms with Gasteiger partial charge in [-0.25, -0.2) is 12.7 Å². The molecule has 0 spiro atoms. The summed E-state index contributed by atoms with van der Waals surface area (Å²) in [6.07, 6.45) is 5.13. The Hall–Kier alpha value is -0.130. The molecule has 21 heavy (non-hydrogen) atoms. The van der Waals surface area contributed by atoms with E-state index in [-0.39, 0.29) is 0 Å². The van der Waals surface area contributed by atoms with Crippen molar-refractivity contribution in [1.29, 1.82) is 0 Å². The third-order valence-corrected chi connectivity index (χ3v) is 7.17. The van der Waals surface area contributed by atoms with Crippen LogP contribution >= 0.6 is 0 Å². The lowest BCUT2D eigenvalue weighted by molar-refractivity contribution is 0.257. The van der Waals surface area contributed by atoms with Gasteiger partial charge < -0.3 is 5.32 Å². The summed E-state index contributed by atoms with van der Waals surface area (Å²) < 4.78 is 25.9. The molecule has 0 aromatic heterocycles. The fourth-order valence-electron chi connectivity index (χ4n) is 4.11. The summed E-state index contributed by atoms with van der Waals surface area (Å²) in [6.45, 7) is 10.3. The van der Waals surface area contributed by atoms with Crippen molar-refractivity contribution in [3.05, 3.63) is 0 Å². The first kappa shape index (κ1) is 17.2. The molecular formula is C16H32N2O2S. The molecule has 5 heteroatoms. The van der Waals surface area contributed by atoms with Gasteiger partial charge in [-0.1, -0.05) is 27.7 Å². The quantitative estimate of drug-likeness (QED) is 0.848. The Bertz CT molecular complexity index is 439. The highest BCUT2D eigenvalue weighted by Gasteiger charge is 2.38. The van der Waals surface area contributed by atoms with Gasteiger partial charge in [-0.05, 0) is 43.4 Å². The molecule has 1 aliphatic carbocycles. The largest absolute Gasteiger partial charge is 0.311 e. The molecule has 124 valence electrons. The Morgan fingerprint density at radius 3 is 2.29 bits per heavy atom. The van der Waals surface area contributed by atoms with Crippen LogP contribution in [0, 0.1) is 11.3 Å². The van der Waals surface area contributed by atoms with Crippen LogP contribution in [0.1, 0.15) is 59.8 Å². The second kappa shape index (κ2) is 6.55. The number of nitrogens with zero attached hydrogens (tertiary/aromatic N) is 1. The van der Waals surface area contributed by atoms with Crippen molar-refractivity contribution in [1.82, 2.24) is 9.62 Å². The zero-order valence-electron chi connectivity index (χ0n) is 14.1. The van der Waals surface area contributed by atoms with Crippen LogP contribution in [0.15, 0.2) is 0 Å². The molecule has 1 N–H and O–H groups in total. The maximum Gasteiger partial charge on any atom is 0.214 e. The predicted molar refractivity (Wildman–Crippen MR) is 87.8 cm³/mol. The molecule has 0 radical (unpaired) electrons. The molecule has 0 aromatic carbocycles. The maximum absolute atomic E-state index is 12.1. The van der Waals surface area contributed by atoms with Crippen molar-refractivity contribution in [3.63, 3.8) is 0 Å². The van der Waals surface area contributed by atoms with E-state index in [1.807, 2.05) is 6.92 Å². The van der Waals surface area contributed by atoms with Gasteiger partial charge in [0.25, 0.3) is 0 Å². The number of rotatable bonds is 5. The molecule has 2 rings (SSSR count). The summed E-state index contributed by atoms with van der Waals surface area (Å²) in [5.41, 5.74) is 0.447. The second-order valence-electron chi connectivity index (χ2n) is 7.81. The monoisotopic (exact) mass is 316 g/mol. The van der Waals surface area contributed by atoms with Gasteiger partial charge in [0, 0.05) is 25.2 Å². The summed E-state index contributed by atoms with van der Waals surface area (Å²) in [5.74, 6) is 1.01. The van der Waals surface area contributed by atoms with Gasteiger partial charge in [0.05, 0.1) is 5.75 Å². The molecule has 1 aliphatic heterocycles. The molecule has 1 saturated heterocycles. The average molecular weight is 317 g/mol. The fourth-order valence-corrected chi connectivity index (χ4v) is 5.65. The molecule has 2 unspecified atom stereocenters. The third kappa shape index (κ3) is 4.42. The molecule has 1 saturated carbocycles. The van der Waals surface area contributed by atoms with E-state index in [1.165, 1.54) is 12.8 Å². The number of nitrogens with one attached hydrogen (secondary N) is 1. The van der Waals surface area contributed by atoms with Crippen molar-refractivity contribution in [2.24, 2.45) is 11.3 Å². The van der Waals surface area contributed by atoms with Gasteiger partial charge in [0.1, 0.15) is 0 Å². The minimum absolute atomic E-state index is 0.291. The van der Waals surface area contributed by atoms with E-state index in [0.717, 1.165) is 18.8 Å². The number of piperidine rings is 1. The summed E-state index contributed by atoms with van der Waals surface area (Å²) in [4.78, 5) is 0. The first-order valence-corrected chi connectivity index (χ1v) is 10.1. The number of hydrogen-bond acceptors (Lipinski definition) is 3. The van der Waals surface area contributed by atoms with Gasteiger partial charge in [-0.2, -0.15) is 0 Å². The highest BCUT2D eigenvalue weighted by Crippen LogP contribution is 2.41. The van der Waals surface area contributed by atoms with Crippen molar-refractivity contribution >= 4 is 10.0 Å². The number of hydrogen-bond donors (Lipinski definition) is 1. The maximum atomic E-state index is 12.1. The fraction of sp³-hybridized carbons (Fsp3) is 1.00. The summed E-state index contributed by atoms with van der Waals surface area (Å²) in [6, 6.07) is 1.09. The normalized spacial score (nSPS) is 31.6. The SMILES string of the molecule is CCCS(=O)(=O)N1CCC(NC2CC(C)(C)CC2C)CC1. The zero-order valence-corrected chi connectivity index (χ0v) is 14.9. The van der Waals surface area contributed by atoms with Gasteiger partial charge >= 0.3 is 0 Å². The molecule has 4 nitrogen and oxygen atoms in total. The van der Waals surface area contributed by atoms with E-state index in [0.29, 0.717) is 42.8 Å². The first-order chi connectivity index (χ1) is 9.73. The van der Waals surface area contributed by atoms with Crippen LogP contribution < -0.4 is 5.32 Å². The van der Waals surface area contributed by atoms with Crippen LogP contribution in [-0.4, -0.2) is 43.6 Å². The number of sulfonamides is 1. The zero-order chi connectivity index (χ0) is 15.7. The lowest BCUT2D eigenvalue weighted by Gasteiger charge is -2.34. The second-order valence-corrected chi connectivity index (χ2v) is 9.90. The van der Waals surface area contributed by atoms with E-state index in [9.17, 15) is 8.42 Å². The Kier molecular flexibility index (Phi) is 5.37. The standard InChI is InChI=1S/C16H32N2O2S/c1-5-10-21(19,20)18-8-6-14(7-9-18)17-15-12-16(3,4)11-13(15)2/h13-15,17H,5-12H2,1-4H3. The van der Waals surface area contributed by atoms with Crippen LogP contribution in [0.25, 0.3) is 0 Å². The molecular weight excluding hydrogens is 284 g/mol. The van der Waals surface area contributed by atoms with Gasteiger partial charge in [-0.15, -0.1) is 0 Å². The van der Waals surface area contributed by atoms with Crippen molar-refractivity contribution in [2.45, 2.75) is 71.9 Å². The highest BCUT2D eigenvalue weighted by molar-refractivity contribution is 7.89. The van der Waals surface area contributed by atoms with Gasteiger partial charge in [-0.3, -0.25) is 0 Å². The molecule has 1 heterocycles. The molecule has 2 aliphatic rings. The third-order valence-electron chi connectivity index (χ3n) is 5.09. The molecule has 0 aromatic rings. The summed E-state index contributed by atoms with van der Waals surface area (Å²) >= 11 is 0. The van der Waals surface area contributed by atoms with E-state index in [4.69, 9.17) is 0 Å². The van der Waals surface area contributed by atoms with Crippen molar-refractivity contribution in [2.75, 3.05) is 18.8 Å². The van der Waals surface area contributed by atoms with Crippen LogP contribution in [-0.2, 0) is 10.0 Å². The Morgan fingerprint density at radius 1 is 1.19 bits per heavy atom. The average Bonchev–Trinajstić information content (AvgIpc) is 2.63. The van der Waals surface area contributed by atoms with Crippen molar-refractivity contribution in [3.8, 4) is 0 Å². The molecule has 2 atom stereocenters. The lowest BCUT2D eigenvalue weighted by atomic mass is 9.91. The molecule has 0 amide bonds. The van der Waals surface area contributed by atoms with E-state index in [1.54, 1.807) is 4.31 Å².